The topological polar surface area (TPSA) is 35.5 Å². The minimum absolute atomic E-state index is 0.138. The van der Waals surface area contributed by atoms with Crippen LogP contribution in [0.5, 0.6) is 5.75 Å². The molecule has 2 aromatic carbocycles. The molecular weight excluding hydrogens is 434 g/mol. The number of quaternary nitrogens is 1. The van der Waals surface area contributed by atoms with Gasteiger partial charge >= 0.3 is 5.97 Å². The van der Waals surface area contributed by atoms with Crippen LogP contribution in [0.15, 0.2) is 54.6 Å². The number of nitrogens with zero attached hydrogens (tertiary/aromatic N) is 1. The van der Waals surface area contributed by atoms with E-state index in [9.17, 15) is 4.79 Å². The smallest absolute Gasteiger partial charge is 0.361 e. The monoisotopic (exact) mass is 482 g/mol. The minimum Gasteiger partial charge on any atom is -0.494 e. The summed E-state index contributed by atoms with van der Waals surface area (Å²) in [7, 11) is 4.12. The van der Waals surface area contributed by atoms with Crippen molar-refractivity contribution in [3.05, 3.63) is 65.7 Å². The van der Waals surface area contributed by atoms with Gasteiger partial charge in [0.1, 0.15) is 12.3 Å². The van der Waals surface area contributed by atoms with Crippen LogP contribution in [-0.4, -0.2) is 44.3 Å². The van der Waals surface area contributed by atoms with Crippen molar-refractivity contribution in [1.29, 1.82) is 0 Å². The Morgan fingerprint density at radius 2 is 1.40 bits per heavy atom. The predicted molar refractivity (Wildman–Crippen MR) is 146 cm³/mol. The highest BCUT2D eigenvalue weighted by Crippen LogP contribution is 2.17. The highest BCUT2D eigenvalue weighted by atomic mass is 16.5. The summed E-state index contributed by atoms with van der Waals surface area (Å²) in [6.45, 7) is 4.55. The molecule has 0 spiro atoms. The molecule has 0 unspecified atom stereocenters. The molecule has 0 N–H and O–H groups in total. The number of aryl methyl sites for hydroxylation is 1. The predicted octanol–water partition coefficient (Wildman–Crippen LogP) is 7.35. The highest BCUT2D eigenvalue weighted by molar-refractivity contribution is 5.70. The molecule has 0 aromatic heterocycles. The zero-order valence-corrected chi connectivity index (χ0v) is 22.5. The summed E-state index contributed by atoms with van der Waals surface area (Å²) in [5, 5.41) is 0. The summed E-state index contributed by atoms with van der Waals surface area (Å²) in [6, 6.07) is 18.8. The van der Waals surface area contributed by atoms with Crippen molar-refractivity contribution in [3.63, 3.8) is 0 Å². The molecule has 0 radical (unpaired) electrons. The van der Waals surface area contributed by atoms with Crippen LogP contribution < -0.4 is 4.74 Å². The SMILES string of the molecule is CCCCCCCCCCc1cccc(OCCCCOC(=O)C[N+](C)(C)Cc2ccccc2)c1. The van der Waals surface area contributed by atoms with Gasteiger partial charge in [-0.05, 0) is 43.4 Å². The number of likely N-dealkylation sites (N-methyl/N-ethyl adjacent to an activating group) is 1. The maximum Gasteiger partial charge on any atom is 0.361 e. The van der Waals surface area contributed by atoms with Gasteiger partial charge in [-0.3, -0.25) is 0 Å². The Morgan fingerprint density at radius 1 is 0.743 bits per heavy atom. The van der Waals surface area contributed by atoms with Crippen molar-refractivity contribution in [3.8, 4) is 5.75 Å². The summed E-state index contributed by atoms with van der Waals surface area (Å²) >= 11 is 0. The van der Waals surface area contributed by atoms with Gasteiger partial charge in [-0.15, -0.1) is 0 Å². The van der Waals surface area contributed by atoms with Crippen LogP contribution in [0, 0.1) is 0 Å². The molecule has 35 heavy (non-hydrogen) atoms. The first-order chi connectivity index (χ1) is 17.0. The van der Waals surface area contributed by atoms with Gasteiger partial charge in [0.15, 0.2) is 6.54 Å². The Hall–Kier alpha value is -2.33. The lowest BCUT2D eigenvalue weighted by atomic mass is 10.0. The van der Waals surface area contributed by atoms with E-state index in [4.69, 9.17) is 9.47 Å². The molecule has 0 bridgehead atoms. The summed E-state index contributed by atoms with van der Waals surface area (Å²) in [5.74, 6) is 0.805. The first-order valence-electron chi connectivity index (χ1n) is 13.7. The maximum absolute atomic E-state index is 12.3. The average Bonchev–Trinajstić information content (AvgIpc) is 2.83. The van der Waals surface area contributed by atoms with Gasteiger partial charge in [-0.2, -0.15) is 0 Å². The quantitative estimate of drug-likeness (QED) is 0.119. The Labute approximate surface area is 214 Å². The van der Waals surface area contributed by atoms with Crippen molar-refractivity contribution in [1.82, 2.24) is 0 Å². The number of carbonyl (C=O) groups is 1. The third kappa shape index (κ3) is 14.0. The van der Waals surface area contributed by atoms with Crippen molar-refractivity contribution in [2.24, 2.45) is 0 Å². The summed E-state index contributed by atoms with van der Waals surface area (Å²) in [5.41, 5.74) is 2.59. The zero-order valence-electron chi connectivity index (χ0n) is 22.5. The lowest BCUT2D eigenvalue weighted by molar-refractivity contribution is -0.896. The number of rotatable bonds is 19. The van der Waals surface area contributed by atoms with E-state index in [0.717, 1.165) is 31.6 Å². The molecule has 0 aliphatic heterocycles. The van der Waals surface area contributed by atoms with E-state index in [1.807, 2.05) is 24.3 Å². The van der Waals surface area contributed by atoms with E-state index in [2.05, 4.69) is 51.4 Å². The molecule has 0 fully saturated rings. The molecular formula is C31H48NO3+. The van der Waals surface area contributed by atoms with E-state index in [0.29, 0.717) is 24.2 Å². The molecule has 0 saturated carbocycles. The second kappa shape index (κ2) is 17.2. The van der Waals surface area contributed by atoms with Crippen LogP contribution in [0.1, 0.15) is 82.3 Å². The lowest BCUT2D eigenvalue weighted by Crippen LogP contribution is -2.43. The molecule has 0 aliphatic carbocycles. The van der Waals surface area contributed by atoms with Gasteiger partial charge in [-0.25, -0.2) is 4.79 Å². The molecule has 0 atom stereocenters. The maximum atomic E-state index is 12.3. The second-order valence-electron chi connectivity index (χ2n) is 10.4. The number of ether oxygens (including phenoxy) is 2. The molecule has 2 rings (SSSR count). The number of carbonyl (C=O) groups excluding carboxylic acids is 1. The average molecular weight is 483 g/mol. The Balaban J connectivity index is 1.53. The number of unbranched alkanes of at least 4 members (excludes halogenated alkanes) is 8. The van der Waals surface area contributed by atoms with Crippen molar-refractivity contribution < 1.29 is 18.8 Å². The number of esters is 1. The van der Waals surface area contributed by atoms with Crippen LogP contribution in [-0.2, 0) is 22.5 Å². The normalized spacial score (nSPS) is 11.4. The Kier molecular flexibility index (Phi) is 14.2. The summed E-state index contributed by atoms with van der Waals surface area (Å²) in [4.78, 5) is 12.3. The van der Waals surface area contributed by atoms with Gasteiger partial charge in [0.2, 0.25) is 0 Å². The van der Waals surface area contributed by atoms with Crippen LogP contribution >= 0.6 is 0 Å². The highest BCUT2D eigenvalue weighted by Gasteiger charge is 2.21. The van der Waals surface area contributed by atoms with Crippen LogP contribution in [0.4, 0.5) is 0 Å². The van der Waals surface area contributed by atoms with Gasteiger partial charge < -0.3 is 14.0 Å². The number of hydrogen-bond donors (Lipinski definition) is 0. The fraction of sp³-hybridized carbons (Fsp3) is 0.581. The third-order valence-electron chi connectivity index (χ3n) is 6.30. The van der Waals surface area contributed by atoms with E-state index in [1.165, 1.54) is 62.5 Å². The first-order valence-corrected chi connectivity index (χ1v) is 13.7. The van der Waals surface area contributed by atoms with E-state index in [1.54, 1.807) is 0 Å². The lowest BCUT2D eigenvalue weighted by Gasteiger charge is -2.28. The zero-order chi connectivity index (χ0) is 25.2. The Morgan fingerprint density at radius 3 is 2.14 bits per heavy atom. The van der Waals surface area contributed by atoms with Crippen LogP contribution in [0.2, 0.25) is 0 Å². The molecule has 0 amide bonds. The van der Waals surface area contributed by atoms with Crippen LogP contribution in [0.25, 0.3) is 0 Å². The van der Waals surface area contributed by atoms with E-state index < -0.39 is 0 Å². The van der Waals surface area contributed by atoms with Crippen LogP contribution in [0.3, 0.4) is 0 Å². The molecule has 0 saturated heterocycles. The van der Waals surface area contributed by atoms with Crippen molar-refractivity contribution in [2.75, 3.05) is 33.9 Å². The summed E-state index contributed by atoms with van der Waals surface area (Å²) < 4.78 is 12.0. The first kappa shape index (κ1) is 28.9. The molecule has 2 aromatic rings. The molecule has 194 valence electrons. The van der Waals surface area contributed by atoms with Crippen molar-refractivity contribution in [2.45, 2.75) is 84.1 Å². The number of benzene rings is 2. The van der Waals surface area contributed by atoms with E-state index >= 15 is 0 Å². The van der Waals surface area contributed by atoms with E-state index in [-0.39, 0.29) is 5.97 Å². The van der Waals surface area contributed by atoms with Gasteiger partial charge in [0.05, 0.1) is 27.3 Å². The Bertz CT molecular complexity index is 819. The van der Waals surface area contributed by atoms with Gasteiger partial charge in [-0.1, -0.05) is 94.3 Å². The standard InChI is InChI=1S/C31H48NO3/c1-4-5-6-7-8-9-10-12-18-28-21-17-22-30(25-28)34-23-15-16-24-35-31(33)27-32(2,3)26-29-19-13-11-14-20-29/h11,13-14,17,19-22,25H,4-10,12,15-16,18,23-24,26-27H2,1-3H3/q+1. The largest absolute Gasteiger partial charge is 0.494 e. The number of hydrogen-bond acceptors (Lipinski definition) is 3. The molecule has 0 aliphatic rings. The summed E-state index contributed by atoms with van der Waals surface area (Å²) in [6.07, 6.45) is 13.6. The fourth-order valence-corrected chi connectivity index (χ4v) is 4.36. The molecule has 4 heteroatoms. The molecule has 4 nitrogen and oxygen atoms in total. The van der Waals surface area contributed by atoms with Crippen molar-refractivity contribution >= 4 is 5.97 Å². The van der Waals surface area contributed by atoms with Gasteiger partial charge in [0, 0.05) is 5.56 Å². The fourth-order valence-electron chi connectivity index (χ4n) is 4.36. The molecule has 0 heterocycles. The second-order valence-corrected chi connectivity index (χ2v) is 10.4. The third-order valence-corrected chi connectivity index (χ3v) is 6.30. The minimum atomic E-state index is -0.138. The van der Waals surface area contributed by atoms with Gasteiger partial charge in [0.25, 0.3) is 0 Å².